The molecule has 7 nitrogen and oxygen atoms in total. The van der Waals surface area contributed by atoms with Crippen LogP contribution in [-0.4, -0.2) is 33.4 Å². The number of nitrogens with zero attached hydrogens (tertiary/aromatic N) is 1. The lowest BCUT2D eigenvalue weighted by Gasteiger charge is -2.30. The molecule has 0 saturated carbocycles. The number of aryl methyl sites for hydroxylation is 1. The van der Waals surface area contributed by atoms with Crippen molar-refractivity contribution in [3.05, 3.63) is 95.3 Å². The van der Waals surface area contributed by atoms with Crippen LogP contribution in [0.25, 0.3) is 0 Å². The number of halogens is 1. The van der Waals surface area contributed by atoms with Gasteiger partial charge >= 0.3 is 5.97 Å². The average molecular weight is 483 g/mol. The predicted molar refractivity (Wildman–Crippen MR) is 124 cm³/mol. The third kappa shape index (κ3) is 5.26. The Balaban J connectivity index is 1.40. The first kappa shape index (κ1) is 23.4. The van der Waals surface area contributed by atoms with Crippen LogP contribution < -0.4 is 9.62 Å². The monoisotopic (exact) mass is 482 g/mol. The van der Waals surface area contributed by atoms with Crippen molar-refractivity contribution in [3.8, 4) is 0 Å². The first-order chi connectivity index (χ1) is 16.3. The van der Waals surface area contributed by atoms with E-state index in [1.54, 1.807) is 12.1 Å². The van der Waals surface area contributed by atoms with Crippen molar-refractivity contribution in [1.82, 2.24) is 5.32 Å². The fraction of sp³-hybridized carbons (Fsp3) is 0.200. The van der Waals surface area contributed by atoms with Gasteiger partial charge in [-0.05, 0) is 60.4 Å². The number of esters is 1. The van der Waals surface area contributed by atoms with Gasteiger partial charge in [-0.2, -0.15) is 0 Å². The Morgan fingerprint density at radius 3 is 2.56 bits per heavy atom. The summed E-state index contributed by atoms with van der Waals surface area (Å²) in [4.78, 5) is 24.4. The smallest absolute Gasteiger partial charge is 0.338 e. The van der Waals surface area contributed by atoms with Crippen LogP contribution >= 0.6 is 0 Å². The van der Waals surface area contributed by atoms with Crippen LogP contribution in [0.1, 0.15) is 27.9 Å². The Kier molecular flexibility index (Phi) is 6.93. The Hall–Kier alpha value is -3.72. The Morgan fingerprint density at radius 2 is 1.76 bits per heavy atom. The molecule has 3 aromatic rings. The molecule has 3 aromatic carbocycles. The summed E-state index contributed by atoms with van der Waals surface area (Å²) in [6, 6.07) is 18.6. The minimum absolute atomic E-state index is 0.0257. The zero-order valence-electron chi connectivity index (χ0n) is 18.2. The second-order valence-corrected chi connectivity index (χ2v) is 9.68. The minimum Gasteiger partial charge on any atom is -0.452 e. The van der Waals surface area contributed by atoms with Gasteiger partial charge in [0.05, 0.1) is 16.1 Å². The molecule has 0 atom stereocenters. The lowest BCUT2D eigenvalue weighted by Crippen LogP contribution is -2.35. The highest BCUT2D eigenvalue weighted by molar-refractivity contribution is 7.92. The Morgan fingerprint density at radius 1 is 1.00 bits per heavy atom. The third-order valence-electron chi connectivity index (χ3n) is 5.46. The van der Waals surface area contributed by atoms with Gasteiger partial charge in [-0.1, -0.05) is 36.4 Å². The number of carbonyl (C=O) groups is 2. The second kappa shape index (κ2) is 10.0. The van der Waals surface area contributed by atoms with Gasteiger partial charge in [-0.15, -0.1) is 0 Å². The normalized spacial score (nSPS) is 13.1. The van der Waals surface area contributed by atoms with Gasteiger partial charge in [0.2, 0.25) is 0 Å². The highest BCUT2D eigenvalue weighted by Crippen LogP contribution is 2.32. The molecule has 1 aliphatic heterocycles. The maximum Gasteiger partial charge on any atom is 0.338 e. The van der Waals surface area contributed by atoms with E-state index in [0.717, 1.165) is 12.0 Å². The number of rotatable bonds is 7. The quantitative estimate of drug-likeness (QED) is 0.521. The van der Waals surface area contributed by atoms with E-state index in [9.17, 15) is 22.4 Å². The van der Waals surface area contributed by atoms with Crippen molar-refractivity contribution in [2.24, 2.45) is 0 Å². The standard InChI is InChI=1S/C25H23FN2O5S/c26-21-12-10-18(11-13-21)16-27-24(29)17-33-25(30)20-6-3-8-22(15-20)34(31,32)28-14-4-7-19-5-1-2-9-23(19)28/h1-3,5-6,8-13,15H,4,7,14,16-17H2,(H,27,29). The molecule has 0 aliphatic carbocycles. The summed E-state index contributed by atoms with van der Waals surface area (Å²) in [7, 11) is -3.89. The number of hydrogen-bond donors (Lipinski definition) is 1. The third-order valence-corrected chi connectivity index (χ3v) is 7.27. The molecule has 0 unspecified atom stereocenters. The van der Waals surface area contributed by atoms with Gasteiger partial charge in [0, 0.05) is 13.1 Å². The number of para-hydroxylation sites is 1. The first-order valence-corrected chi connectivity index (χ1v) is 12.2. The molecule has 0 bridgehead atoms. The molecular weight excluding hydrogens is 459 g/mol. The molecule has 176 valence electrons. The minimum atomic E-state index is -3.89. The SMILES string of the molecule is O=C(COC(=O)c1cccc(S(=O)(=O)N2CCCc3ccccc32)c1)NCc1ccc(F)cc1. The molecule has 1 N–H and O–H groups in total. The number of anilines is 1. The maximum atomic E-state index is 13.3. The van der Waals surface area contributed by atoms with E-state index in [4.69, 9.17) is 4.74 Å². The summed E-state index contributed by atoms with van der Waals surface area (Å²) in [5.41, 5.74) is 2.31. The summed E-state index contributed by atoms with van der Waals surface area (Å²) in [5, 5.41) is 2.57. The van der Waals surface area contributed by atoms with Crippen molar-refractivity contribution < 1.29 is 27.1 Å². The van der Waals surface area contributed by atoms with Crippen LogP contribution in [0, 0.1) is 5.82 Å². The topological polar surface area (TPSA) is 92.8 Å². The lowest BCUT2D eigenvalue weighted by atomic mass is 10.0. The van der Waals surface area contributed by atoms with E-state index < -0.39 is 28.5 Å². The van der Waals surface area contributed by atoms with Crippen LogP contribution in [0.15, 0.2) is 77.7 Å². The van der Waals surface area contributed by atoms with Gasteiger partial charge in [-0.3, -0.25) is 9.10 Å². The Labute approximate surface area is 197 Å². The number of sulfonamides is 1. The van der Waals surface area contributed by atoms with Crippen LogP contribution in [0.2, 0.25) is 0 Å². The van der Waals surface area contributed by atoms with Crippen LogP contribution in [0.4, 0.5) is 10.1 Å². The molecule has 9 heteroatoms. The fourth-order valence-corrected chi connectivity index (χ4v) is 5.32. The van der Waals surface area contributed by atoms with E-state index >= 15 is 0 Å². The fourth-order valence-electron chi connectivity index (χ4n) is 3.73. The molecule has 34 heavy (non-hydrogen) atoms. The number of carbonyl (C=O) groups excluding carboxylic acids is 2. The molecule has 0 radical (unpaired) electrons. The molecule has 0 fully saturated rings. The largest absolute Gasteiger partial charge is 0.452 e. The first-order valence-electron chi connectivity index (χ1n) is 10.7. The maximum absolute atomic E-state index is 13.3. The van der Waals surface area contributed by atoms with E-state index in [1.807, 2.05) is 12.1 Å². The number of amides is 1. The summed E-state index contributed by atoms with van der Waals surface area (Å²) in [5.74, 6) is -1.72. The van der Waals surface area contributed by atoms with Crippen LogP contribution in [-0.2, 0) is 32.5 Å². The number of fused-ring (bicyclic) bond motifs is 1. The van der Waals surface area contributed by atoms with Crippen molar-refractivity contribution >= 4 is 27.6 Å². The second-order valence-electron chi connectivity index (χ2n) is 7.82. The number of benzene rings is 3. The highest BCUT2D eigenvalue weighted by Gasteiger charge is 2.29. The molecule has 4 rings (SSSR count). The van der Waals surface area contributed by atoms with E-state index in [0.29, 0.717) is 24.2 Å². The molecular formula is C25H23FN2O5S. The molecule has 1 amide bonds. The van der Waals surface area contributed by atoms with Crippen molar-refractivity contribution in [1.29, 1.82) is 0 Å². The zero-order chi connectivity index (χ0) is 24.1. The summed E-state index contributed by atoms with van der Waals surface area (Å²) in [6.07, 6.45) is 1.50. The van der Waals surface area contributed by atoms with Crippen molar-refractivity contribution in [3.63, 3.8) is 0 Å². The number of ether oxygens (including phenoxy) is 1. The zero-order valence-corrected chi connectivity index (χ0v) is 19.1. The average Bonchev–Trinajstić information content (AvgIpc) is 2.86. The van der Waals surface area contributed by atoms with Gasteiger partial charge in [0.15, 0.2) is 6.61 Å². The van der Waals surface area contributed by atoms with Gasteiger partial charge in [-0.25, -0.2) is 17.6 Å². The van der Waals surface area contributed by atoms with E-state index in [-0.39, 0.29) is 22.8 Å². The highest BCUT2D eigenvalue weighted by atomic mass is 32.2. The summed E-state index contributed by atoms with van der Waals surface area (Å²) < 4.78 is 46.0. The lowest BCUT2D eigenvalue weighted by molar-refractivity contribution is -0.124. The van der Waals surface area contributed by atoms with E-state index in [2.05, 4.69) is 5.32 Å². The van der Waals surface area contributed by atoms with Gasteiger partial charge in [0.1, 0.15) is 5.82 Å². The van der Waals surface area contributed by atoms with Gasteiger partial charge in [0.25, 0.3) is 15.9 Å². The predicted octanol–water partition coefficient (Wildman–Crippen LogP) is 3.44. The van der Waals surface area contributed by atoms with Gasteiger partial charge < -0.3 is 10.1 Å². The summed E-state index contributed by atoms with van der Waals surface area (Å²) in [6.45, 7) is -0.0273. The van der Waals surface area contributed by atoms with Crippen molar-refractivity contribution in [2.75, 3.05) is 17.5 Å². The molecule has 0 saturated heterocycles. The van der Waals surface area contributed by atoms with Crippen LogP contribution in [0.5, 0.6) is 0 Å². The molecule has 1 heterocycles. The number of nitrogens with one attached hydrogen (secondary N) is 1. The van der Waals surface area contributed by atoms with Crippen molar-refractivity contribution in [2.45, 2.75) is 24.3 Å². The Bertz CT molecular complexity index is 1310. The summed E-state index contributed by atoms with van der Waals surface area (Å²) >= 11 is 0. The van der Waals surface area contributed by atoms with Crippen LogP contribution in [0.3, 0.4) is 0 Å². The molecule has 1 aliphatic rings. The molecule has 0 spiro atoms. The number of hydrogen-bond acceptors (Lipinski definition) is 5. The van der Waals surface area contributed by atoms with E-state index in [1.165, 1.54) is 52.8 Å². The molecule has 0 aromatic heterocycles.